The van der Waals surface area contributed by atoms with Gasteiger partial charge >= 0.3 is 5.69 Å². The van der Waals surface area contributed by atoms with Crippen LogP contribution in [0, 0.1) is 18.6 Å². The van der Waals surface area contributed by atoms with Gasteiger partial charge in [0.15, 0.2) is 0 Å². The van der Waals surface area contributed by atoms with Gasteiger partial charge < -0.3 is 19.3 Å². The van der Waals surface area contributed by atoms with Gasteiger partial charge in [-0.15, -0.1) is 11.8 Å². The maximum absolute atomic E-state index is 15.3. The molecule has 0 aliphatic carbocycles. The molecular formula is C30H33ClF2N4O4S. The molecule has 12 heteroatoms. The second-order valence-corrected chi connectivity index (χ2v) is 12.1. The maximum Gasteiger partial charge on any atom is 0.350 e. The van der Waals surface area contributed by atoms with Gasteiger partial charge in [-0.1, -0.05) is 18.2 Å². The van der Waals surface area contributed by atoms with Gasteiger partial charge in [0, 0.05) is 65.5 Å². The first-order valence-corrected chi connectivity index (χ1v) is 15.1. The fraction of sp³-hybridized carbons (Fsp3) is 0.433. The van der Waals surface area contributed by atoms with Crippen LogP contribution in [-0.4, -0.2) is 78.2 Å². The molecule has 0 spiro atoms. The van der Waals surface area contributed by atoms with Crippen molar-refractivity contribution in [1.29, 1.82) is 0 Å². The number of benzene rings is 2. The molecular weight excluding hydrogens is 586 g/mol. The third kappa shape index (κ3) is 5.43. The van der Waals surface area contributed by atoms with Gasteiger partial charge in [-0.25, -0.2) is 13.6 Å². The molecule has 8 nitrogen and oxygen atoms in total. The second kappa shape index (κ2) is 12.3. The Labute approximate surface area is 252 Å². The number of amides is 1. The summed E-state index contributed by atoms with van der Waals surface area (Å²) in [5.74, 6) is -0.737. The number of carbonyl (C=O) groups excluding carboxylic acids is 1. The van der Waals surface area contributed by atoms with Crippen LogP contribution in [-0.2, 0) is 14.3 Å². The minimum Gasteiger partial charge on any atom is -0.382 e. The number of piperazine rings is 1. The van der Waals surface area contributed by atoms with Crippen molar-refractivity contribution in [2.75, 3.05) is 50.7 Å². The summed E-state index contributed by atoms with van der Waals surface area (Å²) in [6, 6.07) is 3.36. The number of hydrogen-bond donors (Lipinski definition) is 0. The van der Waals surface area contributed by atoms with Crippen LogP contribution in [0.3, 0.4) is 0 Å². The zero-order chi connectivity index (χ0) is 30.3. The van der Waals surface area contributed by atoms with E-state index in [9.17, 15) is 14.0 Å². The molecule has 2 aliphatic rings. The number of methoxy groups -OCH3 is 1. The van der Waals surface area contributed by atoms with Crippen LogP contribution < -0.4 is 10.6 Å². The zero-order valence-electron chi connectivity index (χ0n) is 24.0. The molecule has 5 rings (SSSR count). The van der Waals surface area contributed by atoms with Crippen molar-refractivity contribution >= 4 is 46.0 Å². The number of aromatic nitrogens is 2. The van der Waals surface area contributed by atoms with E-state index in [1.807, 2.05) is 26.8 Å². The van der Waals surface area contributed by atoms with Gasteiger partial charge in [0.1, 0.15) is 17.5 Å². The molecule has 1 amide bonds. The van der Waals surface area contributed by atoms with E-state index in [4.69, 9.17) is 21.1 Å². The first-order chi connectivity index (χ1) is 20.1. The molecule has 0 N–H and O–H groups in total. The van der Waals surface area contributed by atoms with E-state index < -0.39 is 17.3 Å². The Kier molecular flexibility index (Phi) is 8.94. The lowest BCUT2D eigenvalue weighted by Gasteiger charge is -2.45. The van der Waals surface area contributed by atoms with Crippen molar-refractivity contribution in [2.24, 2.45) is 0 Å². The molecule has 3 aromatic rings. The molecule has 224 valence electrons. The number of carbonyl (C=O) groups is 1. The largest absolute Gasteiger partial charge is 0.382 e. The fourth-order valence-electron chi connectivity index (χ4n) is 5.82. The van der Waals surface area contributed by atoms with Crippen LogP contribution in [0.2, 0.25) is 5.02 Å². The van der Waals surface area contributed by atoms with Gasteiger partial charge in [-0.2, -0.15) is 4.98 Å². The first kappa shape index (κ1) is 30.5. The third-order valence-corrected chi connectivity index (χ3v) is 9.39. The van der Waals surface area contributed by atoms with Crippen LogP contribution in [0.25, 0.3) is 22.0 Å². The highest BCUT2D eigenvalue weighted by Crippen LogP contribution is 2.47. The average molecular weight is 619 g/mol. The predicted molar refractivity (Wildman–Crippen MR) is 162 cm³/mol. The smallest absolute Gasteiger partial charge is 0.350 e. The van der Waals surface area contributed by atoms with Crippen LogP contribution in [0.15, 0.2) is 40.5 Å². The van der Waals surface area contributed by atoms with E-state index in [-0.39, 0.29) is 41.2 Å². The summed E-state index contributed by atoms with van der Waals surface area (Å²) in [7, 11) is 1.59. The molecule has 1 saturated heterocycles. The lowest BCUT2D eigenvalue weighted by atomic mass is 9.96. The van der Waals surface area contributed by atoms with E-state index in [1.54, 1.807) is 16.6 Å². The number of halogens is 3. The number of hydrogen-bond acceptors (Lipinski definition) is 7. The monoisotopic (exact) mass is 618 g/mol. The molecule has 0 unspecified atom stereocenters. The van der Waals surface area contributed by atoms with Gasteiger partial charge in [0.2, 0.25) is 5.91 Å². The van der Waals surface area contributed by atoms with E-state index in [2.05, 4.69) is 16.5 Å². The van der Waals surface area contributed by atoms with E-state index in [1.165, 1.54) is 23.9 Å². The van der Waals surface area contributed by atoms with Gasteiger partial charge in [-0.05, 0) is 44.5 Å². The zero-order valence-corrected chi connectivity index (χ0v) is 25.5. The number of aryl methyl sites for hydroxylation is 1. The van der Waals surface area contributed by atoms with Crippen molar-refractivity contribution in [3.63, 3.8) is 0 Å². The number of nitrogens with zero attached hydrogens (tertiary/aromatic N) is 4. The Morgan fingerprint density at radius 2 is 1.95 bits per heavy atom. The number of ether oxygens (including phenoxy) is 2. The van der Waals surface area contributed by atoms with Crippen molar-refractivity contribution in [2.45, 2.75) is 43.8 Å². The Morgan fingerprint density at radius 3 is 2.67 bits per heavy atom. The average Bonchev–Trinajstić information content (AvgIpc) is 2.96. The highest BCUT2D eigenvalue weighted by atomic mass is 35.5. The third-order valence-electron chi connectivity index (χ3n) is 7.86. The van der Waals surface area contributed by atoms with Crippen LogP contribution in [0.1, 0.15) is 25.5 Å². The Bertz CT molecular complexity index is 1620. The molecule has 3 heterocycles. The quantitative estimate of drug-likeness (QED) is 0.195. The second-order valence-electron chi connectivity index (χ2n) is 10.7. The van der Waals surface area contributed by atoms with Crippen molar-refractivity contribution in [3.8, 4) is 11.1 Å². The van der Waals surface area contributed by atoms with E-state index in [0.717, 1.165) is 17.0 Å². The molecule has 0 bridgehead atoms. The summed E-state index contributed by atoms with van der Waals surface area (Å²) >= 11 is 7.59. The predicted octanol–water partition coefficient (Wildman–Crippen LogP) is 5.22. The summed E-state index contributed by atoms with van der Waals surface area (Å²) < 4.78 is 41.9. The SMILES string of the molecule is C=CC(=O)N1C[C@H](C)N(c2nc(=O)n3c4c(c(-c5cc(Cl)c(F)cc5F)c(C)cc24)SC[C@@H]3COCCOC)C[C@H]1C. The van der Waals surface area contributed by atoms with Crippen molar-refractivity contribution < 1.29 is 23.0 Å². The van der Waals surface area contributed by atoms with Crippen LogP contribution in [0.4, 0.5) is 14.6 Å². The van der Waals surface area contributed by atoms with Crippen LogP contribution in [0.5, 0.6) is 0 Å². The van der Waals surface area contributed by atoms with Crippen LogP contribution >= 0.6 is 23.4 Å². The minimum absolute atomic E-state index is 0.142. The molecule has 3 atom stereocenters. The molecule has 1 aromatic heterocycles. The summed E-state index contributed by atoms with van der Waals surface area (Å²) in [6.45, 7) is 11.4. The Morgan fingerprint density at radius 1 is 1.19 bits per heavy atom. The standard InChI is InChI=1S/C30H33ClF2N4O4S/c1-6-25(38)35-12-18(4)36(13-17(35)3)29-21-9-16(2)26(20-10-22(31)24(33)11-23(20)32)28-27(21)37(30(39)34-29)19(15-42-28)14-41-8-7-40-5/h6,9-11,17-19H,1,7-8,12-15H2,2-5H3/t17-,18+,19+/m1/s1. The summed E-state index contributed by atoms with van der Waals surface area (Å²) in [5, 5.41) is 0.544. The van der Waals surface area contributed by atoms with Crippen molar-refractivity contribution in [1.82, 2.24) is 14.5 Å². The topological polar surface area (TPSA) is 76.9 Å². The number of thioether (sulfide) groups is 1. The van der Waals surface area contributed by atoms with Crippen molar-refractivity contribution in [3.05, 3.63) is 63.6 Å². The van der Waals surface area contributed by atoms with E-state index >= 15 is 4.39 Å². The highest BCUT2D eigenvalue weighted by Gasteiger charge is 2.36. The molecule has 2 aromatic carbocycles. The summed E-state index contributed by atoms with van der Waals surface area (Å²) in [5.41, 5.74) is 1.62. The minimum atomic E-state index is -0.841. The normalized spacial score (nSPS) is 20.3. The lowest BCUT2D eigenvalue weighted by Crippen LogP contribution is -2.58. The highest BCUT2D eigenvalue weighted by molar-refractivity contribution is 7.99. The first-order valence-electron chi connectivity index (χ1n) is 13.7. The van der Waals surface area contributed by atoms with Gasteiger partial charge in [-0.3, -0.25) is 9.36 Å². The molecule has 0 radical (unpaired) electrons. The number of anilines is 1. The van der Waals surface area contributed by atoms with Gasteiger partial charge in [0.25, 0.3) is 0 Å². The molecule has 2 aliphatic heterocycles. The maximum atomic E-state index is 15.3. The fourth-order valence-corrected chi connectivity index (χ4v) is 7.35. The lowest BCUT2D eigenvalue weighted by molar-refractivity contribution is -0.128. The Hall–Kier alpha value is -2.99. The summed E-state index contributed by atoms with van der Waals surface area (Å²) in [6.07, 6.45) is 1.31. The number of rotatable bonds is 8. The molecule has 1 fully saturated rings. The summed E-state index contributed by atoms with van der Waals surface area (Å²) in [4.78, 5) is 35.4. The Balaban J connectivity index is 1.72. The van der Waals surface area contributed by atoms with E-state index in [0.29, 0.717) is 53.8 Å². The molecule has 42 heavy (non-hydrogen) atoms. The molecule has 0 saturated carbocycles. The van der Waals surface area contributed by atoms with Gasteiger partial charge in [0.05, 0.1) is 36.4 Å².